The van der Waals surface area contributed by atoms with Crippen molar-refractivity contribution < 1.29 is 0 Å². The molecular formula is C28H20N2O. The van der Waals surface area contributed by atoms with Crippen LogP contribution in [0.2, 0.25) is 0 Å². The van der Waals surface area contributed by atoms with Gasteiger partial charge in [-0.2, -0.15) is 0 Å². The van der Waals surface area contributed by atoms with Crippen molar-refractivity contribution in [3.8, 4) is 11.1 Å². The standard InChI is InChI=1S/C28H20N2O/c31-28-25(20-12-5-2-6-13-20)26(29-18-19-10-3-1-4-11-19)23-16-9-15-22-21-14-7-8-17-24(21)30(28)27(22)23/h1-17,29H,18H2. The van der Waals surface area contributed by atoms with Crippen LogP contribution < -0.4 is 10.9 Å². The van der Waals surface area contributed by atoms with Crippen molar-refractivity contribution in [2.45, 2.75) is 6.54 Å². The first-order valence-electron chi connectivity index (χ1n) is 10.5. The Morgan fingerprint density at radius 1 is 0.645 bits per heavy atom. The van der Waals surface area contributed by atoms with E-state index in [2.05, 4.69) is 41.7 Å². The number of aromatic nitrogens is 1. The average Bonchev–Trinajstić information content (AvgIpc) is 3.17. The normalized spacial score (nSPS) is 11.5. The van der Waals surface area contributed by atoms with Crippen molar-refractivity contribution in [1.82, 2.24) is 4.40 Å². The first-order chi connectivity index (χ1) is 15.3. The molecular weight excluding hydrogens is 380 g/mol. The summed E-state index contributed by atoms with van der Waals surface area (Å²) in [6.45, 7) is 0.649. The highest BCUT2D eigenvalue weighted by atomic mass is 16.1. The van der Waals surface area contributed by atoms with Crippen molar-refractivity contribution in [2.24, 2.45) is 0 Å². The van der Waals surface area contributed by atoms with Crippen LogP contribution in [0.3, 0.4) is 0 Å². The molecule has 31 heavy (non-hydrogen) atoms. The van der Waals surface area contributed by atoms with Gasteiger partial charge in [0, 0.05) is 22.7 Å². The molecule has 2 heterocycles. The van der Waals surface area contributed by atoms with Crippen LogP contribution in [0.4, 0.5) is 5.69 Å². The SMILES string of the molecule is O=c1c(-c2ccccc2)c(NCc2ccccc2)c2cccc3c4ccccc4n1c23. The lowest BCUT2D eigenvalue weighted by molar-refractivity contribution is 1.13. The van der Waals surface area contributed by atoms with Crippen molar-refractivity contribution in [3.63, 3.8) is 0 Å². The number of anilines is 1. The summed E-state index contributed by atoms with van der Waals surface area (Å²) in [6, 6.07) is 34.7. The molecule has 0 amide bonds. The number of rotatable bonds is 4. The molecule has 0 unspecified atom stereocenters. The molecule has 0 atom stereocenters. The molecule has 148 valence electrons. The van der Waals surface area contributed by atoms with Gasteiger partial charge < -0.3 is 5.32 Å². The molecule has 0 bridgehead atoms. The summed E-state index contributed by atoms with van der Waals surface area (Å²) in [5, 5.41) is 6.87. The van der Waals surface area contributed by atoms with E-state index in [1.54, 1.807) is 0 Å². The Kier molecular flexibility index (Phi) is 4.00. The van der Waals surface area contributed by atoms with E-state index in [1.807, 2.05) is 71.1 Å². The second-order valence-electron chi connectivity index (χ2n) is 7.81. The van der Waals surface area contributed by atoms with E-state index < -0.39 is 0 Å². The molecule has 0 radical (unpaired) electrons. The first-order valence-corrected chi connectivity index (χ1v) is 10.5. The van der Waals surface area contributed by atoms with Gasteiger partial charge >= 0.3 is 0 Å². The second-order valence-corrected chi connectivity index (χ2v) is 7.81. The minimum Gasteiger partial charge on any atom is -0.380 e. The van der Waals surface area contributed by atoms with Gasteiger partial charge in [-0.1, -0.05) is 97.1 Å². The molecule has 0 aliphatic rings. The summed E-state index contributed by atoms with van der Waals surface area (Å²) in [5.74, 6) is 0. The summed E-state index contributed by atoms with van der Waals surface area (Å²) in [5.41, 5.74) is 5.62. The van der Waals surface area contributed by atoms with Crippen LogP contribution in [0.25, 0.3) is 38.3 Å². The van der Waals surface area contributed by atoms with Crippen LogP contribution in [-0.4, -0.2) is 4.40 Å². The number of hydrogen-bond acceptors (Lipinski definition) is 2. The van der Waals surface area contributed by atoms with Gasteiger partial charge in [0.05, 0.1) is 22.3 Å². The maximum atomic E-state index is 14.0. The topological polar surface area (TPSA) is 33.5 Å². The van der Waals surface area contributed by atoms with E-state index in [1.165, 1.54) is 5.56 Å². The van der Waals surface area contributed by atoms with E-state index in [0.29, 0.717) is 12.1 Å². The minimum atomic E-state index is 0.00617. The second kappa shape index (κ2) is 6.99. The van der Waals surface area contributed by atoms with Gasteiger partial charge in [0.15, 0.2) is 0 Å². The molecule has 3 heteroatoms. The third-order valence-corrected chi connectivity index (χ3v) is 6.01. The van der Waals surface area contributed by atoms with Gasteiger partial charge in [-0.3, -0.25) is 9.20 Å². The quantitative estimate of drug-likeness (QED) is 0.375. The largest absolute Gasteiger partial charge is 0.380 e. The lowest BCUT2D eigenvalue weighted by Crippen LogP contribution is -2.18. The fourth-order valence-electron chi connectivity index (χ4n) is 4.63. The fraction of sp³-hybridized carbons (Fsp3) is 0.0357. The van der Waals surface area contributed by atoms with Crippen LogP contribution in [0.1, 0.15) is 5.56 Å². The molecule has 1 N–H and O–H groups in total. The van der Waals surface area contributed by atoms with Gasteiger partial charge in [-0.25, -0.2) is 0 Å². The van der Waals surface area contributed by atoms with Gasteiger partial charge in [0.2, 0.25) is 0 Å². The van der Waals surface area contributed by atoms with Crippen LogP contribution >= 0.6 is 0 Å². The Hall–Kier alpha value is -4.11. The van der Waals surface area contributed by atoms with Crippen LogP contribution in [0.15, 0.2) is 108 Å². The third kappa shape index (κ3) is 2.71. The van der Waals surface area contributed by atoms with Gasteiger partial charge in [-0.05, 0) is 17.2 Å². The summed E-state index contributed by atoms with van der Waals surface area (Å²) in [6.07, 6.45) is 0. The molecule has 0 saturated heterocycles. The van der Waals surface area contributed by atoms with Gasteiger partial charge in [0.1, 0.15) is 0 Å². The molecule has 0 aliphatic carbocycles. The maximum absolute atomic E-state index is 14.0. The summed E-state index contributed by atoms with van der Waals surface area (Å²) in [7, 11) is 0. The molecule has 0 spiro atoms. The van der Waals surface area contributed by atoms with E-state index in [0.717, 1.165) is 38.4 Å². The monoisotopic (exact) mass is 400 g/mol. The third-order valence-electron chi connectivity index (χ3n) is 6.01. The van der Waals surface area contributed by atoms with Crippen molar-refractivity contribution >= 4 is 32.9 Å². The number of hydrogen-bond donors (Lipinski definition) is 1. The van der Waals surface area contributed by atoms with E-state index in [9.17, 15) is 4.79 Å². The molecule has 0 fully saturated rings. The Morgan fingerprint density at radius 3 is 2.10 bits per heavy atom. The number of pyridine rings is 1. The smallest absolute Gasteiger partial charge is 0.265 e. The first kappa shape index (κ1) is 17.7. The predicted octanol–water partition coefficient (Wildman–Crippen LogP) is 6.32. The molecule has 0 saturated carbocycles. The number of nitrogens with zero attached hydrogens (tertiary/aromatic N) is 1. The lowest BCUT2D eigenvalue weighted by atomic mass is 10.0. The molecule has 6 rings (SSSR count). The minimum absolute atomic E-state index is 0.00617. The summed E-state index contributed by atoms with van der Waals surface area (Å²) >= 11 is 0. The predicted molar refractivity (Wildman–Crippen MR) is 129 cm³/mol. The van der Waals surface area contributed by atoms with Gasteiger partial charge in [-0.15, -0.1) is 0 Å². The van der Waals surface area contributed by atoms with Crippen LogP contribution in [-0.2, 0) is 6.54 Å². The Morgan fingerprint density at radius 2 is 1.29 bits per heavy atom. The van der Waals surface area contributed by atoms with Gasteiger partial charge in [0.25, 0.3) is 5.56 Å². The van der Waals surface area contributed by atoms with Crippen LogP contribution in [0, 0.1) is 0 Å². The Bertz CT molecular complexity index is 1580. The van der Waals surface area contributed by atoms with Crippen molar-refractivity contribution in [3.05, 3.63) is 119 Å². The molecule has 6 aromatic rings. The molecule has 4 aromatic carbocycles. The molecule has 0 aliphatic heterocycles. The zero-order chi connectivity index (χ0) is 20.8. The zero-order valence-electron chi connectivity index (χ0n) is 16.9. The highest BCUT2D eigenvalue weighted by molar-refractivity contribution is 6.17. The Labute approximate surface area is 179 Å². The number of benzene rings is 4. The van der Waals surface area contributed by atoms with E-state index >= 15 is 0 Å². The fourth-order valence-corrected chi connectivity index (χ4v) is 4.63. The average molecular weight is 400 g/mol. The number of nitrogens with one attached hydrogen (secondary N) is 1. The summed E-state index contributed by atoms with van der Waals surface area (Å²) < 4.78 is 1.88. The maximum Gasteiger partial charge on any atom is 0.265 e. The zero-order valence-corrected chi connectivity index (χ0v) is 16.9. The van der Waals surface area contributed by atoms with Crippen molar-refractivity contribution in [2.75, 3.05) is 5.32 Å². The van der Waals surface area contributed by atoms with E-state index in [4.69, 9.17) is 0 Å². The van der Waals surface area contributed by atoms with Crippen molar-refractivity contribution in [1.29, 1.82) is 0 Å². The highest BCUT2D eigenvalue weighted by Crippen LogP contribution is 2.38. The van der Waals surface area contributed by atoms with Crippen LogP contribution in [0.5, 0.6) is 0 Å². The Balaban J connectivity index is 1.72. The highest BCUT2D eigenvalue weighted by Gasteiger charge is 2.21. The summed E-state index contributed by atoms with van der Waals surface area (Å²) in [4.78, 5) is 14.0. The number of fused-ring (bicyclic) bond motifs is 3. The molecule has 3 nitrogen and oxygen atoms in total. The number of para-hydroxylation sites is 2. The van der Waals surface area contributed by atoms with E-state index in [-0.39, 0.29) is 5.56 Å². The lowest BCUT2D eigenvalue weighted by Gasteiger charge is -2.16. The molecule has 2 aromatic heterocycles.